The number of aliphatic carboxylic acids is 2. The summed E-state index contributed by atoms with van der Waals surface area (Å²) in [6, 6.07) is 6.95. The summed E-state index contributed by atoms with van der Waals surface area (Å²) < 4.78 is 1.45. The van der Waals surface area contributed by atoms with Gasteiger partial charge in [0, 0.05) is 18.6 Å². The molecule has 0 aliphatic carbocycles. The molecule has 1 aromatic heterocycles. The summed E-state index contributed by atoms with van der Waals surface area (Å²) >= 11 is 2.55. The fraction of sp³-hybridized carbons (Fsp3) is 0.316. The Kier molecular flexibility index (Phi) is 6.37. The van der Waals surface area contributed by atoms with E-state index in [2.05, 4.69) is 20.8 Å². The van der Waals surface area contributed by atoms with Crippen LogP contribution in [-0.4, -0.2) is 82.0 Å². The number of carbonyl (C=O) groups excluding carboxylic acids is 2. The largest absolute Gasteiger partial charge is 0.480 e. The van der Waals surface area contributed by atoms with Gasteiger partial charge in [-0.15, -0.1) is 16.9 Å². The second-order valence-corrected chi connectivity index (χ2v) is 9.26. The highest BCUT2D eigenvalue weighted by Gasteiger charge is 2.54. The molecule has 1 aromatic carbocycles. The molecule has 0 saturated carbocycles. The maximum absolute atomic E-state index is 12.8. The van der Waals surface area contributed by atoms with E-state index >= 15 is 0 Å². The second-order valence-electron chi connectivity index (χ2n) is 7.21. The Hall–Kier alpha value is -3.39. The van der Waals surface area contributed by atoms with Gasteiger partial charge in [0.05, 0.1) is 0 Å². The Morgan fingerprint density at radius 1 is 1.27 bits per heavy atom. The molecule has 0 bridgehead atoms. The highest BCUT2D eigenvalue weighted by molar-refractivity contribution is 8.01. The van der Waals surface area contributed by atoms with Gasteiger partial charge in [0.2, 0.25) is 11.1 Å². The SMILES string of the molecule is Cn1nnnc1SCC1=C(C(=O)O)N2C(=O)C(NC(=O)C(C(=O)O)c3ccccc3)[C@@H]2SC1. The number of benzene rings is 1. The normalized spacial score (nSPS) is 20.6. The molecule has 12 nitrogen and oxygen atoms in total. The highest BCUT2D eigenvalue weighted by atomic mass is 32.2. The molecular weight excluding hydrogens is 472 g/mol. The number of aromatic nitrogens is 4. The van der Waals surface area contributed by atoms with E-state index in [1.54, 1.807) is 25.2 Å². The topological polar surface area (TPSA) is 168 Å². The third-order valence-corrected chi connectivity index (χ3v) is 7.58. The summed E-state index contributed by atoms with van der Waals surface area (Å²) in [5, 5.41) is 32.8. The van der Waals surface area contributed by atoms with E-state index in [0.29, 0.717) is 16.5 Å². The van der Waals surface area contributed by atoms with E-state index in [1.807, 2.05) is 0 Å². The molecule has 1 fully saturated rings. The summed E-state index contributed by atoms with van der Waals surface area (Å²) in [5.74, 6) is -4.92. The third kappa shape index (κ3) is 4.30. The summed E-state index contributed by atoms with van der Waals surface area (Å²) in [6.45, 7) is 0. The molecule has 33 heavy (non-hydrogen) atoms. The van der Waals surface area contributed by atoms with Crippen molar-refractivity contribution in [2.75, 3.05) is 11.5 Å². The predicted octanol–water partition coefficient (Wildman–Crippen LogP) is -0.0908. The summed E-state index contributed by atoms with van der Waals surface area (Å²) in [4.78, 5) is 50.4. The molecule has 4 rings (SSSR count). The number of aryl methyl sites for hydroxylation is 1. The molecule has 3 N–H and O–H groups in total. The summed E-state index contributed by atoms with van der Waals surface area (Å²) in [5.41, 5.74) is 0.684. The van der Waals surface area contributed by atoms with Crippen molar-refractivity contribution < 1.29 is 29.4 Å². The zero-order chi connectivity index (χ0) is 23.7. The Balaban J connectivity index is 1.49. The highest BCUT2D eigenvalue weighted by Crippen LogP contribution is 2.41. The van der Waals surface area contributed by atoms with E-state index in [9.17, 15) is 29.4 Å². The first kappa shape index (κ1) is 22.8. The van der Waals surface area contributed by atoms with Crippen LogP contribution in [0, 0.1) is 0 Å². The molecule has 2 aliphatic heterocycles. The third-order valence-electron chi connectivity index (χ3n) is 5.15. The van der Waals surface area contributed by atoms with Crippen LogP contribution in [-0.2, 0) is 26.2 Å². The number of nitrogens with one attached hydrogen (secondary N) is 1. The van der Waals surface area contributed by atoms with Crippen molar-refractivity contribution in [2.45, 2.75) is 22.5 Å². The average molecular weight is 491 g/mol. The molecule has 14 heteroatoms. The van der Waals surface area contributed by atoms with Crippen LogP contribution in [0.2, 0.25) is 0 Å². The number of thioether (sulfide) groups is 2. The van der Waals surface area contributed by atoms with E-state index in [4.69, 9.17) is 0 Å². The van der Waals surface area contributed by atoms with Gasteiger partial charge < -0.3 is 15.5 Å². The number of rotatable bonds is 8. The van der Waals surface area contributed by atoms with Crippen molar-refractivity contribution in [1.82, 2.24) is 30.4 Å². The first-order valence-electron chi connectivity index (χ1n) is 9.63. The van der Waals surface area contributed by atoms with Crippen molar-refractivity contribution in [3.8, 4) is 0 Å². The number of tetrazole rings is 1. The van der Waals surface area contributed by atoms with Crippen molar-refractivity contribution in [3.63, 3.8) is 0 Å². The van der Waals surface area contributed by atoms with Gasteiger partial charge in [-0.2, -0.15) is 0 Å². The van der Waals surface area contributed by atoms with E-state index < -0.39 is 41.1 Å². The van der Waals surface area contributed by atoms with E-state index in [-0.39, 0.29) is 17.0 Å². The molecule has 2 aliphatic rings. The standard InChI is InChI=1S/C19H18N6O6S2/c1-24-19(21-22-23-24)33-8-10-7-32-16-12(15(27)25(16)13(10)18(30)31)20-14(26)11(17(28)29)9-5-3-2-4-6-9/h2-6,11-12,16H,7-8H2,1H3,(H,20,26)(H,28,29)(H,30,31)/t11?,12?,16-/m0/s1. The van der Waals surface area contributed by atoms with Gasteiger partial charge in [0.1, 0.15) is 17.1 Å². The number of β-lactam (4-membered cyclic amide) rings is 1. The van der Waals surface area contributed by atoms with Crippen LogP contribution >= 0.6 is 23.5 Å². The fourth-order valence-corrected chi connectivity index (χ4v) is 5.91. The van der Waals surface area contributed by atoms with Crippen LogP contribution < -0.4 is 5.32 Å². The van der Waals surface area contributed by atoms with Crippen LogP contribution in [0.15, 0.2) is 46.8 Å². The molecule has 2 aromatic rings. The number of hydrogen-bond acceptors (Lipinski definition) is 9. The van der Waals surface area contributed by atoms with Gasteiger partial charge in [0.25, 0.3) is 5.91 Å². The molecule has 0 spiro atoms. The average Bonchev–Trinajstić information content (AvgIpc) is 3.20. The van der Waals surface area contributed by atoms with Crippen molar-refractivity contribution >= 4 is 47.3 Å². The lowest BCUT2D eigenvalue weighted by Gasteiger charge is -2.49. The minimum atomic E-state index is -1.48. The zero-order valence-electron chi connectivity index (χ0n) is 17.1. The fourth-order valence-electron chi connectivity index (χ4n) is 3.58. The van der Waals surface area contributed by atoms with Gasteiger partial charge in [-0.3, -0.25) is 19.3 Å². The molecular formula is C19H18N6O6S2. The maximum atomic E-state index is 12.8. The quantitative estimate of drug-likeness (QED) is 0.257. The number of fused-ring (bicyclic) bond motifs is 1. The minimum Gasteiger partial charge on any atom is -0.480 e. The molecule has 2 amide bonds. The first-order valence-corrected chi connectivity index (χ1v) is 11.7. The molecule has 172 valence electrons. The smallest absolute Gasteiger partial charge is 0.352 e. The number of hydrogen-bond donors (Lipinski definition) is 3. The molecule has 0 radical (unpaired) electrons. The number of carboxylic acid groups (broad SMARTS) is 2. The van der Waals surface area contributed by atoms with Crippen LogP contribution in [0.25, 0.3) is 0 Å². The molecule has 3 heterocycles. The molecule has 1 saturated heterocycles. The minimum absolute atomic E-state index is 0.130. The van der Waals surface area contributed by atoms with Gasteiger partial charge in [-0.1, -0.05) is 42.1 Å². The number of carboxylic acids is 2. The van der Waals surface area contributed by atoms with Crippen LogP contribution in [0.5, 0.6) is 0 Å². The molecule has 3 atom stereocenters. The number of nitrogens with zero attached hydrogens (tertiary/aromatic N) is 5. The van der Waals surface area contributed by atoms with Crippen LogP contribution in [0.4, 0.5) is 0 Å². The molecule has 2 unspecified atom stereocenters. The van der Waals surface area contributed by atoms with Gasteiger partial charge in [0.15, 0.2) is 5.92 Å². The van der Waals surface area contributed by atoms with Gasteiger partial charge >= 0.3 is 11.9 Å². The number of carbonyl (C=O) groups is 4. The summed E-state index contributed by atoms with van der Waals surface area (Å²) in [7, 11) is 1.66. The van der Waals surface area contributed by atoms with Crippen LogP contribution in [0.3, 0.4) is 0 Å². The van der Waals surface area contributed by atoms with E-state index in [0.717, 1.165) is 4.90 Å². The van der Waals surface area contributed by atoms with Crippen molar-refractivity contribution in [3.05, 3.63) is 47.2 Å². The second kappa shape index (κ2) is 9.23. The predicted molar refractivity (Wildman–Crippen MR) is 116 cm³/mol. The Morgan fingerprint density at radius 3 is 2.61 bits per heavy atom. The van der Waals surface area contributed by atoms with Gasteiger partial charge in [-0.05, 0) is 21.6 Å². The first-order chi connectivity index (χ1) is 15.8. The monoisotopic (exact) mass is 490 g/mol. The van der Waals surface area contributed by atoms with E-state index in [1.165, 1.54) is 40.3 Å². The lowest BCUT2D eigenvalue weighted by Crippen LogP contribution is -2.71. The van der Waals surface area contributed by atoms with Gasteiger partial charge in [-0.25, -0.2) is 9.48 Å². The Morgan fingerprint density at radius 2 is 2.00 bits per heavy atom. The Bertz CT molecular complexity index is 1150. The van der Waals surface area contributed by atoms with Crippen molar-refractivity contribution in [1.29, 1.82) is 0 Å². The lowest BCUT2D eigenvalue weighted by molar-refractivity contribution is -0.152. The zero-order valence-corrected chi connectivity index (χ0v) is 18.7. The lowest BCUT2D eigenvalue weighted by atomic mass is 9.96. The summed E-state index contributed by atoms with van der Waals surface area (Å²) in [6.07, 6.45) is 0. The van der Waals surface area contributed by atoms with Crippen molar-refractivity contribution in [2.24, 2.45) is 7.05 Å². The number of amides is 2. The Labute approximate surface area is 195 Å². The maximum Gasteiger partial charge on any atom is 0.352 e. The van der Waals surface area contributed by atoms with Crippen LogP contribution in [0.1, 0.15) is 11.5 Å².